The minimum Gasteiger partial charge on any atom is -0.453 e. The van der Waals surface area contributed by atoms with Crippen LogP contribution in [0.2, 0.25) is 0 Å². The molecule has 0 bridgehead atoms. The number of unbranched alkanes of at least 4 members (excludes halogenated alkanes) is 1. The molecule has 0 unspecified atom stereocenters. The third-order valence-corrected chi connectivity index (χ3v) is 2.81. The summed E-state index contributed by atoms with van der Waals surface area (Å²) in [4.78, 5) is 26.3. The molecule has 0 atom stereocenters. The summed E-state index contributed by atoms with van der Waals surface area (Å²) in [7, 11) is 1.37. The number of hydrogen-bond donors (Lipinski definition) is 1. The van der Waals surface area contributed by atoms with Crippen molar-refractivity contribution < 1.29 is 14.3 Å². The fraction of sp³-hybridized carbons (Fsp3) is 0.818. The minimum atomic E-state index is -0.323. The van der Waals surface area contributed by atoms with Gasteiger partial charge in [-0.2, -0.15) is 0 Å². The van der Waals surface area contributed by atoms with Crippen molar-refractivity contribution in [2.24, 2.45) is 0 Å². The van der Waals surface area contributed by atoms with Crippen LogP contribution in [0.1, 0.15) is 19.8 Å². The first-order valence-electron chi connectivity index (χ1n) is 6.04. The number of amides is 3. The normalized spacial score (nSPS) is 15.6. The molecule has 0 aromatic carbocycles. The predicted octanol–water partition coefficient (Wildman–Crippen LogP) is 0.880. The van der Waals surface area contributed by atoms with Crippen LogP contribution in [0.15, 0.2) is 0 Å². The Morgan fingerprint density at radius 3 is 2.29 bits per heavy atom. The van der Waals surface area contributed by atoms with Gasteiger partial charge in [0.15, 0.2) is 0 Å². The number of ether oxygens (including phenoxy) is 1. The first kappa shape index (κ1) is 13.6. The number of methoxy groups -OCH3 is 1. The molecule has 1 aliphatic rings. The maximum Gasteiger partial charge on any atom is 0.409 e. The highest BCUT2D eigenvalue weighted by molar-refractivity contribution is 5.74. The van der Waals surface area contributed by atoms with Crippen molar-refractivity contribution in [3.63, 3.8) is 0 Å². The van der Waals surface area contributed by atoms with Gasteiger partial charge in [-0.15, -0.1) is 0 Å². The molecule has 0 aromatic rings. The van der Waals surface area contributed by atoms with Crippen LogP contribution in [0.3, 0.4) is 0 Å². The molecule has 0 radical (unpaired) electrons. The Morgan fingerprint density at radius 1 is 1.18 bits per heavy atom. The van der Waals surface area contributed by atoms with Gasteiger partial charge >= 0.3 is 12.1 Å². The summed E-state index contributed by atoms with van der Waals surface area (Å²) in [5, 5.41) is 2.86. The fourth-order valence-electron chi connectivity index (χ4n) is 1.71. The van der Waals surface area contributed by atoms with Gasteiger partial charge in [-0.3, -0.25) is 0 Å². The molecular weight excluding hydrogens is 222 g/mol. The molecule has 0 saturated carbocycles. The maximum atomic E-state index is 11.7. The van der Waals surface area contributed by atoms with Crippen molar-refractivity contribution in [1.82, 2.24) is 15.1 Å². The highest BCUT2D eigenvalue weighted by Gasteiger charge is 2.23. The van der Waals surface area contributed by atoms with Crippen LogP contribution in [-0.4, -0.2) is 61.8 Å². The van der Waals surface area contributed by atoms with Gasteiger partial charge in [-0.25, -0.2) is 9.59 Å². The van der Waals surface area contributed by atoms with E-state index in [1.807, 2.05) is 0 Å². The molecule has 17 heavy (non-hydrogen) atoms. The van der Waals surface area contributed by atoms with Crippen molar-refractivity contribution in [2.45, 2.75) is 19.8 Å². The molecule has 1 rings (SSSR count). The summed E-state index contributed by atoms with van der Waals surface area (Å²) in [6.07, 6.45) is 1.74. The molecule has 1 fully saturated rings. The summed E-state index contributed by atoms with van der Waals surface area (Å²) in [6.45, 7) is 5.00. The van der Waals surface area contributed by atoms with E-state index in [4.69, 9.17) is 0 Å². The molecule has 98 valence electrons. The zero-order valence-corrected chi connectivity index (χ0v) is 10.6. The lowest BCUT2D eigenvalue weighted by Crippen LogP contribution is -2.53. The zero-order valence-electron chi connectivity index (χ0n) is 10.6. The van der Waals surface area contributed by atoms with Gasteiger partial charge in [0, 0.05) is 32.7 Å². The van der Waals surface area contributed by atoms with Gasteiger partial charge < -0.3 is 19.9 Å². The van der Waals surface area contributed by atoms with Crippen LogP contribution in [0, 0.1) is 0 Å². The highest BCUT2D eigenvalue weighted by atomic mass is 16.5. The van der Waals surface area contributed by atoms with E-state index in [9.17, 15) is 9.59 Å². The van der Waals surface area contributed by atoms with Crippen molar-refractivity contribution in [2.75, 3.05) is 39.8 Å². The minimum absolute atomic E-state index is 0.0389. The van der Waals surface area contributed by atoms with Crippen molar-refractivity contribution in [1.29, 1.82) is 0 Å². The third kappa shape index (κ3) is 4.13. The van der Waals surface area contributed by atoms with Gasteiger partial charge in [0.1, 0.15) is 0 Å². The van der Waals surface area contributed by atoms with E-state index in [1.165, 1.54) is 7.11 Å². The zero-order chi connectivity index (χ0) is 12.7. The lowest BCUT2D eigenvalue weighted by Gasteiger charge is -2.33. The molecule has 6 nitrogen and oxygen atoms in total. The van der Waals surface area contributed by atoms with Crippen LogP contribution in [0.25, 0.3) is 0 Å². The lowest BCUT2D eigenvalue weighted by molar-refractivity contribution is 0.0971. The first-order chi connectivity index (χ1) is 8.19. The number of rotatable bonds is 3. The quantitative estimate of drug-likeness (QED) is 0.748. The van der Waals surface area contributed by atoms with E-state index in [-0.39, 0.29) is 12.1 Å². The SMILES string of the molecule is CCCCNC(=O)N1CCN(C(=O)OC)CC1. The average Bonchev–Trinajstić information content (AvgIpc) is 2.38. The Morgan fingerprint density at radius 2 is 1.76 bits per heavy atom. The van der Waals surface area contributed by atoms with Crippen molar-refractivity contribution >= 4 is 12.1 Å². The fourth-order valence-corrected chi connectivity index (χ4v) is 1.71. The van der Waals surface area contributed by atoms with Crippen LogP contribution < -0.4 is 5.32 Å². The Kier molecular flexibility index (Phi) is 5.59. The van der Waals surface area contributed by atoms with Gasteiger partial charge in [0.05, 0.1) is 7.11 Å². The van der Waals surface area contributed by atoms with E-state index in [1.54, 1.807) is 9.80 Å². The summed E-state index contributed by atoms with van der Waals surface area (Å²) >= 11 is 0. The molecule has 1 saturated heterocycles. The molecular formula is C11H21N3O3. The Labute approximate surface area is 102 Å². The molecule has 1 N–H and O–H groups in total. The lowest BCUT2D eigenvalue weighted by atomic mass is 10.3. The Hall–Kier alpha value is -1.46. The first-order valence-corrected chi connectivity index (χ1v) is 6.04. The van der Waals surface area contributed by atoms with E-state index in [0.29, 0.717) is 32.7 Å². The molecule has 1 aliphatic heterocycles. The second-order valence-electron chi connectivity index (χ2n) is 4.03. The number of carbonyl (C=O) groups excluding carboxylic acids is 2. The largest absolute Gasteiger partial charge is 0.453 e. The average molecular weight is 243 g/mol. The summed E-state index contributed by atoms with van der Waals surface area (Å²) in [6, 6.07) is -0.0389. The summed E-state index contributed by atoms with van der Waals surface area (Å²) in [5.41, 5.74) is 0. The smallest absolute Gasteiger partial charge is 0.409 e. The Bertz CT molecular complexity index is 263. The van der Waals surface area contributed by atoms with E-state index in [0.717, 1.165) is 12.8 Å². The second kappa shape index (κ2) is 6.98. The van der Waals surface area contributed by atoms with E-state index in [2.05, 4.69) is 17.0 Å². The van der Waals surface area contributed by atoms with E-state index < -0.39 is 0 Å². The van der Waals surface area contributed by atoms with Crippen LogP contribution in [-0.2, 0) is 4.74 Å². The number of carbonyl (C=O) groups is 2. The van der Waals surface area contributed by atoms with Gasteiger partial charge in [-0.05, 0) is 6.42 Å². The van der Waals surface area contributed by atoms with Crippen LogP contribution in [0.4, 0.5) is 9.59 Å². The monoisotopic (exact) mass is 243 g/mol. The molecule has 0 spiro atoms. The molecule has 0 aliphatic carbocycles. The van der Waals surface area contributed by atoms with Gasteiger partial charge in [0.2, 0.25) is 0 Å². The van der Waals surface area contributed by atoms with Crippen LogP contribution >= 0.6 is 0 Å². The topological polar surface area (TPSA) is 61.9 Å². The molecule has 1 heterocycles. The van der Waals surface area contributed by atoms with Gasteiger partial charge in [-0.1, -0.05) is 13.3 Å². The van der Waals surface area contributed by atoms with E-state index >= 15 is 0 Å². The standard InChI is InChI=1S/C11H21N3O3/c1-3-4-5-12-10(15)13-6-8-14(9-7-13)11(16)17-2/h3-9H2,1-2H3,(H,12,15). The number of nitrogens with zero attached hydrogens (tertiary/aromatic N) is 2. The number of nitrogens with one attached hydrogen (secondary N) is 1. The van der Waals surface area contributed by atoms with Crippen molar-refractivity contribution in [3.05, 3.63) is 0 Å². The molecule has 3 amide bonds. The Balaban J connectivity index is 2.26. The summed E-state index contributed by atoms with van der Waals surface area (Å²) in [5.74, 6) is 0. The third-order valence-electron chi connectivity index (χ3n) is 2.81. The van der Waals surface area contributed by atoms with Gasteiger partial charge in [0.25, 0.3) is 0 Å². The summed E-state index contributed by atoms with van der Waals surface area (Å²) < 4.78 is 4.63. The molecule has 6 heteroatoms. The number of urea groups is 1. The van der Waals surface area contributed by atoms with Crippen molar-refractivity contribution in [3.8, 4) is 0 Å². The second-order valence-corrected chi connectivity index (χ2v) is 4.03. The maximum absolute atomic E-state index is 11.7. The molecule has 0 aromatic heterocycles. The number of piperazine rings is 1. The number of hydrogen-bond acceptors (Lipinski definition) is 3. The van der Waals surface area contributed by atoms with Crippen LogP contribution in [0.5, 0.6) is 0 Å². The highest BCUT2D eigenvalue weighted by Crippen LogP contribution is 2.03. The predicted molar refractivity (Wildman–Crippen MR) is 63.9 cm³/mol.